The lowest BCUT2D eigenvalue weighted by Gasteiger charge is -2.36. The van der Waals surface area contributed by atoms with E-state index < -0.39 is 5.82 Å². The van der Waals surface area contributed by atoms with Crippen LogP contribution in [-0.4, -0.2) is 53.1 Å². The number of hydrogen-bond donors (Lipinski definition) is 0. The summed E-state index contributed by atoms with van der Waals surface area (Å²) in [6.45, 7) is 8.53. The van der Waals surface area contributed by atoms with E-state index in [9.17, 15) is 0 Å². The van der Waals surface area contributed by atoms with Gasteiger partial charge in [-0.1, -0.05) is 42.5 Å². The van der Waals surface area contributed by atoms with Crippen LogP contribution < -0.4 is 9.64 Å². The van der Waals surface area contributed by atoms with Gasteiger partial charge in [0, 0.05) is 42.7 Å². The van der Waals surface area contributed by atoms with Crippen molar-refractivity contribution in [3.63, 3.8) is 0 Å². The van der Waals surface area contributed by atoms with E-state index in [1.807, 2.05) is 19.1 Å². The molecule has 1 saturated heterocycles. The minimum Gasteiger partial charge on any atom is -0.496 e. The summed E-state index contributed by atoms with van der Waals surface area (Å²) < 4.78 is 21.3. The van der Waals surface area contributed by atoms with Crippen LogP contribution in [0.25, 0.3) is 22.0 Å². The quantitative estimate of drug-likeness (QED) is 0.404. The predicted octanol–water partition coefficient (Wildman–Crippen LogP) is 5.04. The topological polar surface area (TPSA) is 41.5 Å². The number of ether oxygens (including phenoxy) is 1. The van der Waals surface area contributed by atoms with E-state index in [0.29, 0.717) is 40.6 Å². The molecule has 0 spiro atoms. The van der Waals surface area contributed by atoms with Crippen LogP contribution in [0.5, 0.6) is 5.75 Å². The maximum absolute atomic E-state index is 15.8. The van der Waals surface area contributed by atoms with Crippen molar-refractivity contribution < 1.29 is 9.13 Å². The van der Waals surface area contributed by atoms with Crippen molar-refractivity contribution in [3.8, 4) is 16.9 Å². The fourth-order valence-corrected chi connectivity index (χ4v) is 4.47. The highest BCUT2D eigenvalue weighted by molar-refractivity contribution is 7.80. The van der Waals surface area contributed by atoms with Crippen LogP contribution in [0.4, 0.5) is 10.2 Å². The average molecular weight is 457 g/mol. The summed E-state index contributed by atoms with van der Waals surface area (Å²) in [6.07, 6.45) is 3.08. The number of aryl methyl sites for hydroxylation is 1. The van der Waals surface area contributed by atoms with Crippen molar-refractivity contribution in [2.24, 2.45) is 0 Å². The molecule has 160 valence electrons. The third kappa shape index (κ3) is 3.83. The lowest BCUT2D eigenvalue weighted by molar-refractivity contribution is 0.392. The molecule has 31 heavy (non-hydrogen) atoms. The molecule has 0 N–H and O–H groups in total. The van der Waals surface area contributed by atoms with E-state index >= 15 is 4.39 Å². The van der Waals surface area contributed by atoms with Gasteiger partial charge in [0.25, 0.3) is 0 Å². The number of fused-ring (bicyclic) bond motifs is 1. The molecule has 0 amide bonds. The Balaban J connectivity index is 1.80. The number of piperazine rings is 1. The van der Waals surface area contributed by atoms with Gasteiger partial charge in [0.1, 0.15) is 28.4 Å². The Kier molecular flexibility index (Phi) is 6.07. The second-order valence-corrected chi connectivity index (χ2v) is 8.13. The van der Waals surface area contributed by atoms with Gasteiger partial charge in [-0.15, -0.1) is 0 Å². The third-order valence-electron chi connectivity index (χ3n) is 5.57. The van der Waals surface area contributed by atoms with E-state index in [2.05, 4.69) is 26.3 Å². The second-order valence-electron chi connectivity index (χ2n) is 7.31. The molecule has 0 bridgehead atoms. The molecule has 0 atom stereocenters. The number of methoxy groups -OCH3 is 1. The predicted molar refractivity (Wildman–Crippen MR) is 128 cm³/mol. The van der Waals surface area contributed by atoms with E-state index in [4.69, 9.17) is 28.6 Å². The lowest BCUT2D eigenvalue weighted by Crippen LogP contribution is -2.48. The number of hydrogen-bond acceptors (Lipinski definition) is 5. The number of anilines is 1. The van der Waals surface area contributed by atoms with Gasteiger partial charge in [-0.25, -0.2) is 14.4 Å². The minimum atomic E-state index is -0.481. The average Bonchev–Trinajstić information content (AvgIpc) is 2.79. The number of halogens is 2. The summed E-state index contributed by atoms with van der Waals surface area (Å²) in [5.41, 5.74) is 2.01. The zero-order valence-corrected chi connectivity index (χ0v) is 18.9. The van der Waals surface area contributed by atoms with Gasteiger partial charge in [0.15, 0.2) is 5.82 Å². The molecule has 1 aliphatic rings. The first-order valence-corrected chi connectivity index (χ1v) is 10.7. The molecular formula is C23H22ClFN4OS. The van der Waals surface area contributed by atoms with Gasteiger partial charge < -0.3 is 14.5 Å². The monoisotopic (exact) mass is 456 g/mol. The van der Waals surface area contributed by atoms with Crippen molar-refractivity contribution in [1.29, 1.82) is 0 Å². The van der Waals surface area contributed by atoms with Crippen LogP contribution in [0.15, 0.2) is 43.2 Å². The van der Waals surface area contributed by atoms with Crippen LogP contribution in [0, 0.1) is 12.7 Å². The molecular weight excluding hydrogens is 435 g/mol. The fraction of sp³-hybridized carbons (Fsp3) is 0.261. The molecule has 1 fully saturated rings. The second kappa shape index (κ2) is 8.77. The summed E-state index contributed by atoms with van der Waals surface area (Å²) in [6, 6.07) is 7.30. The highest BCUT2D eigenvalue weighted by atomic mass is 35.5. The van der Waals surface area contributed by atoms with Crippen molar-refractivity contribution in [3.05, 3.63) is 59.7 Å². The Labute approximate surface area is 191 Å². The van der Waals surface area contributed by atoms with E-state index in [0.717, 1.165) is 23.6 Å². The van der Waals surface area contributed by atoms with E-state index in [-0.39, 0.29) is 11.1 Å². The number of benzene rings is 2. The molecule has 3 aromatic rings. The number of nitrogens with zero attached hydrogens (tertiary/aromatic N) is 4. The van der Waals surface area contributed by atoms with Crippen LogP contribution >= 0.6 is 23.8 Å². The summed E-state index contributed by atoms with van der Waals surface area (Å²) in [7, 11) is 1.56. The zero-order chi connectivity index (χ0) is 22.1. The Bertz CT molecular complexity index is 1180. The first-order valence-electron chi connectivity index (χ1n) is 9.89. The maximum atomic E-state index is 15.8. The van der Waals surface area contributed by atoms with Crippen molar-refractivity contribution in [2.75, 3.05) is 38.2 Å². The smallest absolute Gasteiger partial charge is 0.159 e. The first kappa shape index (κ1) is 21.5. The van der Waals surface area contributed by atoms with Crippen molar-refractivity contribution in [1.82, 2.24) is 14.9 Å². The molecule has 8 heteroatoms. The molecule has 1 aromatic heterocycles. The van der Waals surface area contributed by atoms with Gasteiger partial charge in [-0.05, 0) is 30.7 Å². The zero-order valence-electron chi connectivity index (χ0n) is 17.4. The molecule has 5 nitrogen and oxygen atoms in total. The Hall–Kier alpha value is -2.77. The maximum Gasteiger partial charge on any atom is 0.159 e. The fourth-order valence-electron chi connectivity index (χ4n) is 4.00. The molecule has 0 saturated carbocycles. The molecule has 2 heterocycles. The van der Waals surface area contributed by atoms with Crippen LogP contribution in [0.2, 0.25) is 5.02 Å². The third-order valence-corrected chi connectivity index (χ3v) is 6.29. The molecule has 1 aliphatic heterocycles. The van der Waals surface area contributed by atoms with Crippen LogP contribution in [0.3, 0.4) is 0 Å². The summed E-state index contributed by atoms with van der Waals surface area (Å²) in [5.74, 6) is 0.743. The van der Waals surface area contributed by atoms with Crippen LogP contribution in [0.1, 0.15) is 5.56 Å². The minimum absolute atomic E-state index is 0.235. The lowest BCUT2D eigenvalue weighted by atomic mass is 9.97. The molecule has 0 aliphatic carbocycles. The normalized spacial score (nSPS) is 14.1. The highest BCUT2D eigenvalue weighted by Gasteiger charge is 2.25. The van der Waals surface area contributed by atoms with Gasteiger partial charge in [-0.3, -0.25) is 0 Å². The summed E-state index contributed by atoms with van der Waals surface area (Å²) in [5, 5.41) is 0.876. The molecule has 0 radical (unpaired) electrons. The summed E-state index contributed by atoms with van der Waals surface area (Å²) >= 11 is 12.0. The number of rotatable bonds is 4. The SMILES string of the molecule is C=CC(=S)N1CCN(c2ncnc3c(F)c(-c4c(C)cccc4OC)c(Cl)cc23)CC1. The molecule has 4 rings (SSSR count). The number of aromatic nitrogens is 2. The van der Waals surface area contributed by atoms with E-state index in [1.54, 1.807) is 25.3 Å². The van der Waals surface area contributed by atoms with Gasteiger partial charge in [0.05, 0.1) is 12.1 Å². The Morgan fingerprint density at radius 3 is 2.65 bits per heavy atom. The Morgan fingerprint density at radius 1 is 1.23 bits per heavy atom. The van der Waals surface area contributed by atoms with Gasteiger partial charge >= 0.3 is 0 Å². The Morgan fingerprint density at radius 2 is 1.97 bits per heavy atom. The van der Waals surface area contributed by atoms with Gasteiger partial charge in [-0.2, -0.15) is 0 Å². The first-order chi connectivity index (χ1) is 15.0. The molecule has 0 unspecified atom stereocenters. The van der Waals surface area contributed by atoms with Gasteiger partial charge in [0.2, 0.25) is 0 Å². The molecule has 2 aromatic carbocycles. The summed E-state index contributed by atoms with van der Waals surface area (Å²) in [4.78, 5) is 13.6. The van der Waals surface area contributed by atoms with E-state index in [1.165, 1.54) is 6.33 Å². The van der Waals surface area contributed by atoms with Crippen molar-refractivity contribution in [2.45, 2.75) is 6.92 Å². The number of thiocarbonyl (C=S) groups is 1. The standard InChI is InChI=1S/C23H22ClFN4OS/c1-4-18(31)28-8-10-29(11-9-28)23-15-12-16(24)20(21(25)22(15)26-13-27-23)19-14(2)6-5-7-17(19)30-3/h4-7,12-13H,1,8-11H2,2-3H3. The van der Waals surface area contributed by atoms with Crippen LogP contribution in [-0.2, 0) is 0 Å². The van der Waals surface area contributed by atoms with Crippen molar-refractivity contribution >= 4 is 45.5 Å². The highest BCUT2D eigenvalue weighted by Crippen LogP contribution is 2.42. The largest absolute Gasteiger partial charge is 0.496 e.